The van der Waals surface area contributed by atoms with Gasteiger partial charge in [0.25, 0.3) is 0 Å². The summed E-state index contributed by atoms with van der Waals surface area (Å²) in [6.07, 6.45) is 0.946. The minimum absolute atomic E-state index is 0.234. The second-order valence-electron chi connectivity index (χ2n) is 4.08. The molecule has 2 amide bonds. The maximum atomic E-state index is 11.7. The van der Waals surface area contributed by atoms with E-state index in [1.165, 1.54) is 18.2 Å². The van der Waals surface area contributed by atoms with Crippen LogP contribution in [0.3, 0.4) is 0 Å². The topological polar surface area (TPSA) is 102 Å². The fourth-order valence-corrected chi connectivity index (χ4v) is 1.75. The maximum absolute atomic E-state index is 11.7. The zero-order valence-corrected chi connectivity index (χ0v) is 11.6. The normalized spacial score (nSPS) is 11.2. The third-order valence-corrected chi connectivity index (χ3v) is 2.77. The minimum atomic E-state index is -1.10. The van der Waals surface area contributed by atoms with Crippen LogP contribution in [0.5, 0.6) is 0 Å². The van der Waals surface area contributed by atoms with Crippen molar-refractivity contribution in [3.05, 3.63) is 28.8 Å². The molecule has 0 aliphatic carbocycles. The molecule has 1 aromatic rings. The van der Waals surface area contributed by atoms with Gasteiger partial charge in [-0.1, -0.05) is 24.9 Å². The second-order valence-corrected chi connectivity index (χ2v) is 4.52. The molecule has 0 spiro atoms. The van der Waals surface area contributed by atoms with Crippen molar-refractivity contribution in [2.75, 3.05) is 5.32 Å². The molecule has 0 bridgehead atoms. The van der Waals surface area contributed by atoms with Gasteiger partial charge in [-0.05, 0) is 24.6 Å². The molecule has 1 atom stereocenters. The lowest BCUT2D eigenvalue weighted by Crippen LogP contribution is -2.43. The smallest absolute Gasteiger partial charge is 0.326 e. The average Bonchev–Trinajstić information content (AvgIpc) is 2.38. The number of urea groups is 1. The lowest BCUT2D eigenvalue weighted by atomic mass is 10.1. The van der Waals surface area contributed by atoms with E-state index >= 15 is 0 Å². The molecule has 0 aliphatic heterocycles. The number of hydrogen-bond donors (Lipinski definition) is 3. The van der Waals surface area contributed by atoms with Crippen LogP contribution in [0.2, 0.25) is 5.02 Å². The van der Waals surface area contributed by atoms with Gasteiger partial charge in [0, 0.05) is 5.02 Å². The van der Waals surface area contributed by atoms with Crippen LogP contribution in [0.15, 0.2) is 18.2 Å². The van der Waals surface area contributed by atoms with E-state index in [1.807, 2.05) is 13.0 Å². The zero-order chi connectivity index (χ0) is 15.1. The Labute approximate surface area is 121 Å². The third kappa shape index (κ3) is 4.44. The summed E-state index contributed by atoms with van der Waals surface area (Å²) < 4.78 is 0. The molecule has 0 aliphatic rings. The Morgan fingerprint density at radius 1 is 1.50 bits per heavy atom. The summed E-state index contributed by atoms with van der Waals surface area (Å²) in [7, 11) is 0. The van der Waals surface area contributed by atoms with Crippen LogP contribution < -0.4 is 10.6 Å². The summed E-state index contributed by atoms with van der Waals surface area (Å²) in [5.41, 5.74) is 0.477. The molecule has 1 aromatic carbocycles. The molecule has 0 saturated carbocycles. The minimum Gasteiger partial charge on any atom is -0.480 e. The Bertz CT molecular complexity index is 554. The Hall–Kier alpha value is -2.26. The number of halogens is 1. The molecule has 0 saturated heterocycles. The highest BCUT2D eigenvalue weighted by Gasteiger charge is 2.19. The fraction of sp³-hybridized carbons (Fsp3) is 0.308. The van der Waals surface area contributed by atoms with Gasteiger partial charge in [-0.3, -0.25) is 0 Å². The first-order valence-corrected chi connectivity index (χ1v) is 6.35. The molecule has 0 radical (unpaired) electrons. The van der Waals surface area contributed by atoms with Crippen LogP contribution in [0.25, 0.3) is 0 Å². The van der Waals surface area contributed by atoms with E-state index in [4.69, 9.17) is 22.0 Å². The number of hydrogen-bond acceptors (Lipinski definition) is 3. The fourth-order valence-electron chi connectivity index (χ4n) is 1.58. The number of aliphatic carboxylic acids is 1. The summed E-state index contributed by atoms with van der Waals surface area (Å²) in [6.45, 7) is 1.82. The molecule has 106 valence electrons. The highest BCUT2D eigenvalue weighted by Crippen LogP contribution is 2.20. The van der Waals surface area contributed by atoms with E-state index < -0.39 is 18.0 Å². The first-order chi connectivity index (χ1) is 9.47. The number of anilines is 1. The summed E-state index contributed by atoms with van der Waals surface area (Å²) in [4.78, 5) is 22.7. The number of carbonyl (C=O) groups excluding carboxylic acids is 1. The first-order valence-electron chi connectivity index (χ1n) is 5.98. The summed E-state index contributed by atoms with van der Waals surface area (Å²) in [5.74, 6) is -1.10. The average molecular weight is 296 g/mol. The number of nitrogens with one attached hydrogen (secondary N) is 2. The molecule has 7 heteroatoms. The van der Waals surface area contributed by atoms with E-state index in [9.17, 15) is 9.59 Å². The van der Waals surface area contributed by atoms with E-state index in [-0.39, 0.29) is 11.3 Å². The third-order valence-electron chi connectivity index (χ3n) is 2.53. The zero-order valence-electron chi connectivity index (χ0n) is 10.8. The van der Waals surface area contributed by atoms with Crippen LogP contribution >= 0.6 is 11.6 Å². The Morgan fingerprint density at radius 3 is 2.75 bits per heavy atom. The highest BCUT2D eigenvalue weighted by molar-refractivity contribution is 6.31. The quantitative estimate of drug-likeness (QED) is 0.777. The number of rotatable bonds is 5. The van der Waals surface area contributed by atoms with Gasteiger partial charge in [-0.15, -0.1) is 0 Å². The molecule has 20 heavy (non-hydrogen) atoms. The lowest BCUT2D eigenvalue weighted by Gasteiger charge is -2.14. The summed E-state index contributed by atoms with van der Waals surface area (Å²) >= 11 is 5.79. The molecule has 0 unspecified atom stereocenters. The van der Waals surface area contributed by atoms with Crippen molar-refractivity contribution in [2.45, 2.75) is 25.8 Å². The molecule has 0 heterocycles. The summed E-state index contributed by atoms with van der Waals surface area (Å²) in [6, 6.07) is 4.68. The van der Waals surface area contributed by atoms with Crippen molar-refractivity contribution >= 4 is 29.3 Å². The van der Waals surface area contributed by atoms with Crippen LogP contribution in [-0.4, -0.2) is 23.1 Å². The van der Waals surface area contributed by atoms with E-state index in [0.29, 0.717) is 17.9 Å². The van der Waals surface area contributed by atoms with E-state index in [2.05, 4.69) is 10.6 Å². The predicted molar refractivity (Wildman–Crippen MR) is 74.7 cm³/mol. The number of carboxylic acid groups (broad SMARTS) is 1. The lowest BCUT2D eigenvalue weighted by molar-refractivity contribution is -0.139. The second kappa shape index (κ2) is 7.36. The van der Waals surface area contributed by atoms with Crippen molar-refractivity contribution in [3.8, 4) is 6.07 Å². The van der Waals surface area contributed by atoms with Crippen molar-refractivity contribution in [3.63, 3.8) is 0 Å². The van der Waals surface area contributed by atoms with Crippen LogP contribution in [0.1, 0.15) is 25.3 Å². The van der Waals surface area contributed by atoms with Gasteiger partial charge in [0.15, 0.2) is 0 Å². The number of benzene rings is 1. The van der Waals surface area contributed by atoms with Crippen molar-refractivity contribution in [1.82, 2.24) is 5.32 Å². The molecule has 0 fully saturated rings. The summed E-state index contributed by atoms with van der Waals surface area (Å²) in [5, 5.41) is 23.0. The van der Waals surface area contributed by atoms with Crippen LogP contribution in [0, 0.1) is 11.3 Å². The van der Waals surface area contributed by atoms with Gasteiger partial charge >= 0.3 is 12.0 Å². The SMILES string of the molecule is CCC[C@@H](NC(=O)Nc1cc(Cl)ccc1C#N)C(=O)O. The monoisotopic (exact) mass is 295 g/mol. The van der Waals surface area contributed by atoms with Gasteiger partial charge in [0.2, 0.25) is 0 Å². The first kappa shape index (κ1) is 15.8. The van der Waals surface area contributed by atoms with Gasteiger partial charge in [0.05, 0.1) is 11.3 Å². The van der Waals surface area contributed by atoms with E-state index in [1.54, 1.807) is 0 Å². The van der Waals surface area contributed by atoms with Crippen molar-refractivity contribution in [1.29, 1.82) is 5.26 Å². The number of amides is 2. The van der Waals surface area contributed by atoms with Gasteiger partial charge in [0.1, 0.15) is 12.1 Å². The number of nitrogens with zero attached hydrogens (tertiary/aromatic N) is 1. The maximum Gasteiger partial charge on any atom is 0.326 e. The molecule has 1 rings (SSSR count). The van der Waals surface area contributed by atoms with Crippen LogP contribution in [-0.2, 0) is 4.79 Å². The largest absolute Gasteiger partial charge is 0.480 e. The van der Waals surface area contributed by atoms with Gasteiger partial charge < -0.3 is 15.7 Å². The molecule has 6 nitrogen and oxygen atoms in total. The number of nitriles is 1. The predicted octanol–water partition coefficient (Wildman–Crippen LogP) is 2.59. The highest BCUT2D eigenvalue weighted by atomic mass is 35.5. The number of carbonyl (C=O) groups is 2. The van der Waals surface area contributed by atoms with Gasteiger partial charge in [-0.2, -0.15) is 5.26 Å². The van der Waals surface area contributed by atoms with Crippen LogP contribution in [0.4, 0.5) is 10.5 Å². The van der Waals surface area contributed by atoms with Crippen molar-refractivity contribution in [2.24, 2.45) is 0 Å². The van der Waals surface area contributed by atoms with E-state index in [0.717, 1.165) is 0 Å². The molecular formula is C13H14ClN3O3. The van der Waals surface area contributed by atoms with Crippen molar-refractivity contribution < 1.29 is 14.7 Å². The molecule has 0 aromatic heterocycles. The Kier molecular flexibility index (Phi) is 5.81. The number of carboxylic acids is 1. The Morgan fingerprint density at radius 2 is 2.20 bits per heavy atom. The standard InChI is InChI=1S/C13H14ClN3O3/c1-2-3-10(12(18)19)16-13(20)17-11-6-9(14)5-4-8(11)7-15/h4-6,10H,2-3H2,1H3,(H,18,19)(H2,16,17,20)/t10-/m1/s1. The Balaban J connectivity index is 2.78. The molecule has 3 N–H and O–H groups in total. The van der Waals surface area contributed by atoms with Gasteiger partial charge in [-0.25, -0.2) is 9.59 Å². The molecular weight excluding hydrogens is 282 g/mol.